The molecule has 0 aliphatic carbocycles. The lowest BCUT2D eigenvalue weighted by Gasteiger charge is -2.11. The van der Waals surface area contributed by atoms with Gasteiger partial charge in [-0.25, -0.2) is 0 Å². The van der Waals surface area contributed by atoms with Crippen molar-refractivity contribution in [3.8, 4) is 0 Å². The van der Waals surface area contributed by atoms with E-state index < -0.39 is 0 Å². The molecule has 116 valence electrons. The molecule has 0 aromatic heterocycles. The van der Waals surface area contributed by atoms with E-state index in [1.54, 1.807) is 0 Å². The van der Waals surface area contributed by atoms with Crippen molar-refractivity contribution in [3.05, 3.63) is 58.1 Å². The van der Waals surface area contributed by atoms with E-state index in [-0.39, 0.29) is 5.91 Å². The van der Waals surface area contributed by atoms with Crippen LogP contribution in [0.5, 0.6) is 0 Å². The molecule has 2 rings (SSSR count). The van der Waals surface area contributed by atoms with Gasteiger partial charge in [0.05, 0.1) is 0 Å². The van der Waals surface area contributed by atoms with Gasteiger partial charge in [0.15, 0.2) is 0 Å². The summed E-state index contributed by atoms with van der Waals surface area (Å²) in [5.74, 6) is 0.0247. The summed E-state index contributed by atoms with van der Waals surface area (Å²) in [5, 5.41) is 6.26. The first-order chi connectivity index (χ1) is 10.6. The van der Waals surface area contributed by atoms with Gasteiger partial charge < -0.3 is 10.6 Å². The summed E-state index contributed by atoms with van der Waals surface area (Å²) in [7, 11) is 0. The van der Waals surface area contributed by atoms with Crippen LogP contribution in [0, 0.1) is 6.92 Å². The average Bonchev–Trinajstić information content (AvgIpc) is 2.50. The number of carbonyl (C=O) groups excluding carboxylic acids is 1. The van der Waals surface area contributed by atoms with Crippen molar-refractivity contribution in [1.29, 1.82) is 0 Å². The van der Waals surface area contributed by atoms with E-state index in [1.807, 2.05) is 43.3 Å². The number of anilines is 2. The quantitative estimate of drug-likeness (QED) is 0.779. The van der Waals surface area contributed by atoms with E-state index in [2.05, 4.69) is 39.6 Å². The van der Waals surface area contributed by atoms with Gasteiger partial charge >= 0.3 is 0 Å². The topological polar surface area (TPSA) is 41.1 Å². The Kier molecular flexibility index (Phi) is 6.01. The Hall–Kier alpha value is -1.81. The van der Waals surface area contributed by atoms with Gasteiger partial charge in [-0.05, 0) is 58.6 Å². The Morgan fingerprint density at radius 3 is 2.64 bits per heavy atom. The van der Waals surface area contributed by atoms with Crippen LogP contribution in [0.3, 0.4) is 0 Å². The number of aryl methyl sites for hydroxylation is 2. The largest absolute Gasteiger partial charge is 0.384 e. The average molecular weight is 361 g/mol. The molecule has 0 fully saturated rings. The second-order valence-electron chi connectivity index (χ2n) is 5.22. The van der Waals surface area contributed by atoms with Crippen molar-refractivity contribution < 1.29 is 4.79 Å². The normalized spacial score (nSPS) is 10.3. The lowest BCUT2D eigenvalue weighted by Crippen LogP contribution is -2.17. The van der Waals surface area contributed by atoms with Crippen LogP contribution >= 0.6 is 15.9 Å². The molecule has 0 radical (unpaired) electrons. The summed E-state index contributed by atoms with van der Waals surface area (Å²) in [5.41, 5.74) is 4.27. The first-order valence-electron chi connectivity index (χ1n) is 7.48. The molecular formula is C18H21BrN2O. The van der Waals surface area contributed by atoms with Gasteiger partial charge in [-0.2, -0.15) is 0 Å². The second kappa shape index (κ2) is 7.99. The summed E-state index contributed by atoms with van der Waals surface area (Å²) >= 11 is 3.52. The molecule has 4 heteroatoms. The maximum atomic E-state index is 12.0. The van der Waals surface area contributed by atoms with Gasteiger partial charge in [0.1, 0.15) is 0 Å². The van der Waals surface area contributed by atoms with Crippen LogP contribution in [-0.4, -0.2) is 12.5 Å². The zero-order valence-corrected chi connectivity index (χ0v) is 14.5. The first kappa shape index (κ1) is 16.6. The first-order valence-corrected chi connectivity index (χ1v) is 8.27. The number of nitrogens with one attached hydrogen (secondary N) is 2. The molecule has 2 N–H and O–H groups in total. The molecule has 3 nitrogen and oxygen atoms in total. The molecule has 0 spiro atoms. The summed E-state index contributed by atoms with van der Waals surface area (Å²) in [6.45, 7) is 4.73. The Morgan fingerprint density at radius 1 is 1.14 bits per heavy atom. The molecule has 0 saturated carbocycles. The van der Waals surface area contributed by atoms with E-state index in [0.29, 0.717) is 13.0 Å². The highest BCUT2D eigenvalue weighted by molar-refractivity contribution is 9.10. The van der Waals surface area contributed by atoms with Crippen molar-refractivity contribution in [2.75, 3.05) is 17.2 Å². The number of amides is 1. The molecule has 0 bridgehead atoms. The Labute approximate surface area is 140 Å². The monoisotopic (exact) mass is 360 g/mol. The van der Waals surface area contributed by atoms with Gasteiger partial charge in [-0.15, -0.1) is 0 Å². The van der Waals surface area contributed by atoms with Crippen molar-refractivity contribution >= 4 is 33.2 Å². The fraction of sp³-hybridized carbons (Fsp3) is 0.278. The number of para-hydroxylation sites is 1. The van der Waals surface area contributed by atoms with Crippen LogP contribution in [0.4, 0.5) is 11.4 Å². The number of rotatable bonds is 6. The summed E-state index contributed by atoms with van der Waals surface area (Å²) < 4.78 is 1.02. The SMILES string of the molecule is CCc1ccccc1NC(=O)CCNc1ccc(C)cc1Br. The van der Waals surface area contributed by atoms with Crippen LogP contribution in [0.25, 0.3) is 0 Å². The lowest BCUT2D eigenvalue weighted by molar-refractivity contribution is -0.115. The highest BCUT2D eigenvalue weighted by Gasteiger charge is 2.06. The van der Waals surface area contributed by atoms with Crippen LogP contribution in [-0.2, 0) is 11.2 Å². The van der Waals surface area contributed by atoms with E-state index >= 15 is 0 Å². The van der Waals surface area contributed by atoms with E-state index in [0.717, 1.165) is 27.8 Å². The fourth-order valence-electron chi connectivity index (χ4n) is 2.24. The number of carbonyl (C=O) groups is 1. The molecule has 0 unspecified atom stereocenters. The zero-order chi connectivity index (χ0) is 15.9. The second-order valence-corrected chi connectivity index (χ2v) is 6.07. The summed E-state index contributed by atoms with van der Waals surface area (Å²) in [6, 6.07) is 14.0. The van der Waals surface area contributed by atoms with E-state index in [4.69, 9.17) is 0 Å². The van der Waals surface area contributed by atoms with E-state index in [9.17, 15) is 4.79 Å². The highest BCUT2D eigenvalue weighted by atomic mass is 79.9. The minimum absolute atomic E-state index is 0.0247. The zero-order valence-electron chi connectivity index (χ0n) is 12.9. The Balaban J connectivity index is 1.85. The van der Waals surface area contributed by atoms with Gasteiger partial charge in [0, 0.05) is 28.8 Å². The van der Waals surface area contributed by atoms with Crippen LogP contribution < -0.4 is 10.6 Å². The van der Waals surface area contributed by atoms with Gasteiger partial charge in [-0.1, -0.05) is 31.2 Å². The van der Waals surface area contributed by atoms with Crippen LogP contribution in [0.2, 0.25) is 0 Å². The predicted molar refractivity (Wildman–Crippen MR) is 96.4 cm³/mol. The predicted octanol–water partition coefficient (Wildman–Crippen LogP) is 4.76. The fourth-order valence-corrected chi connectivity index (χ4v) is 2.87. The number of halogens is 1. The molecular weight excluding hydrogens is 340 g/mol. The smallest absolute Gasteiger partial charge is 0.226 e. The third-order valence-electron chi connectivity index (χ3n) is 3.46. The summed E-state index contributed by atoms with van der Waals surface area (Å²) in [4.78, 5) is 12.0. The Morgan fingerprint density at radius 2 is 1.91 bits per heavy atom. The maximum absolute atomic E-state index is 12.0. The van der Waals surface area contributed by atoms with Crippen LogP contribution in [0.15, 0.2) is 46.9 Å². The van der Waals surface area contributed by atoms with Crippen LogP contribution in [0.1, 0.15) is 24.5 Å². The third-order valence-corrected chi connectivity index (χ3v) is 4.12. The molecule has 0 atom stereocenters. The molecule has 22 heavy (non-hydrogen) atoms. The molecule has 0 saturated heterocycles. The molecule has 2 aromatic carbocycles. The number of hydrogen-bond acceptors (Lipinski definition) is 2. The van der Waals surface area contributed by atoms with Crippen molar-refractivity contribution in [1.82, 2.24) is 0 Å². The van der Waals surface area contributed by atoms with E-state index in [1.165, 1.54) is 5.56 Å². The minimum atomic E-state index is 0.0247. The molecule has 1 amide bonds. The number of hydrogen-bond donors (Lipinski definition) is 2. The molecule has 2 aromatic rings. The molecule has 0 aliphatic rings. The number of benzene rings is 2. The standard InChI is InChI=1S/C18H21BrN2O/c1-3-14-6-4-5-7-16(14)21-18(22)10-11-20-17-9-8-13(2)12-15(17)19/h4-9,12,20H,3,10-11H2,1-2H3,(H,21,22). The van der Waals surface area contributed by atoms with Gasteiger partial charge in [0.25, 0.3) is 0 Å². The molecule has 0 aliphatic heterocycles. The third kappa shape index (κ3) is 4.60. The van der Waals surface area contributed by atoms with Crippen molar-refractivity contribution in [2.24, 2.45) is 0 Å². The summed E-state index contributed by atoms with van der Waals surface area (Å²) in [6.07, 6.45) is 1.34. The highest BCUT2D eigenvalue weighted by Crippen LogP contribution is 2.23. The maximum Gasteiger partial charge on any atom is 0.226 e. The van der Waals surface area contributed by atoms with Crippen molar-refractivity contribution in [2.45, 2.75) is 26.7 Å². The van der Waals surface area contributed by atoms with Crippen molar-refractivity contribution in [3.63, 3.8) is 0 Å². The van der Waals surface area contributed by atoms with Gasteiger partial charge in [-0.3, -0.25) is 4.79 Å². The lowest BCUT2D eigenvalue weighted by atomic mass is 10.1. The minimum Gasteiger partial charge on any atom is -0.384 e. The molecule has 0 heterocycles. The van der Waals surface area contributed by atoms with Gasteiger partial charge in [0.2, 0.25) is 5.91 Å². The Bertz CT molecular complexity index is 655.